The van der Waals surface area contributed by atoms with Crippen molar-refractivity contribution in [3.8, 4) is 10.6 Å². The van der Waals surface area contributed by atoms with Gasteiger partial charge in [0.1, 0.15) is 5.01 Å². The normalized spacial score (nSPS) is 18.1. The quantitative estimate of drug-likeness (QED) is 0.461. The Labute approximate surface area is 208 Å². The molecule has 0 saturated carbocycles. The van der Waals surface area contributed by atoms with Crippen LogP contribution in [0.5, 0.6) is 0 Å². The third-order valence-electron chi connectivity index (χ3n) is 6.79. The minimum absolute atomic E-state index is 0.0620. The smallest absolute Gasteiger partial charge is 0.254 e. The van der Waals surface area contributed by atoms with Gasteiger partial charge in [0, 0.05) is 55.0 Å². The van der Waals surface area contributed by atoms with Gasteiger partial charge < -0.3 is 15.1 Å². The molecule has 2 amide bonds. The standard InChI is InChI=1S/C28H26N4O2S/c33-27(20-9-5-2-6-10-20)31-14-13-22(16-31)29-23-17-32(18-23)28(34)21-11-12-24-25(15-21)35-26(30-24)19-7-3-1-4-8-19/h1-12,15,22-23,29H,13-14,16-18H2. The number of carbonyl (C=O) groups excluding carboxylic acids is 2. The molecule has 7 heteroatoms. The number of nitrogens with one attached hydrogen (secondary N) is 1. The molecule has 6 rings (SSSR count). The number of rotatable bonds is 5. The Morgan fingerprint density at radius 1 is 0.800 bits per heavy atom. The van der Waals surface area contributed by atoms with E-state index in [2.05, 4.69) is 17.4 Å². The minimum atomic E-state index is 0.0620. The average Bonchev–Trinajstić information content (AvgIpc) is 3.53. The van der Waals surface area contributed by atoms with Crippen molar-refractivity contribution in [1.29, 1.82) is 0 Å². The number of likely N-dealkylation sites (tertiary alicyclic amines) is 2. The van der Waals surface area contributed by atoms with E-state index in [1.807, 2.05) is 76.5 Å². The first-order valence-corrected chi connectivity index (χ1v) is 12.8. The summed E-state index contributed by atoms with van der Waals surface area (Å²) in [6.45, 7) is 2.86. The van der Waals surface area contributed by atoms with Crippen LogP contribution in [0.15, 0.2) is 78.9 Å². The fourth-order valence-corrected chi connectivity index (χ4v) is 5.88. The van der Waals surface area contributed by atoms with Crippen molar-refractivity contribution in [3.63, 3.8) is 0 Å². The van der Waals surface area contributed by atoms with Crippen molar-refractivity contribution in [2.45, 2.75) is 18.5 Å². The second kappa shape index (κ2) is 9.24. The van der Waals surface area contributed by atoms with E-state index in [9.17, 15) is 9.59 Å². The van der Waals surface area contributed by atoms with Crippen LogP contribution in [0.2, 0.25) is 0 Å². The number of amides is 2. The highest BCUT2D eigenvalue weighted by atomic mass is 32.1. The van der Waals surface area contributed by atoms with Crippen molar-refractivity contribution in [2.75, 3.05) is 26.2 Å². The van der Waals surface area contributed by atoms with Gasteiger partial charge >= 0.3 is 0 Å². The Bertz CT molecular complexity index is 1370. The Morgan fingerprint density at radius 3 is 2.26 bits per heavy atom. The van der Waals surface area contributed by atoms with Crippen LogP contribution in [0, 0.1) is 0 Å². The van der Waals surface area contributed by atoms with Crippen molar-refractivity contribution in [3.05, 3.63) is 90.0 Å². The van der Waals surface area contributed by atoms with Crippen LogP contribution in [0.25, 0.3) is 20.8 Å². The van der Waals surface area contributed by atoms with E-state index in [1.165, 1.54) is 0 Å². The van der Waals surface area contributed by atoms with Crippen LogP contribution in [0.3, 0.4) is 0 Å². The zero-order chi connectivity index (χ0) is 23.8. The maximum absolute atomic E-state index is 13.1. The van der Waals surface area contributed by atoms with E-state index in [0.717, 1.165) is 39.3 Å². The lowest BCUT2D eigenvalue weighted by atomic mass is 10.0. The molecule has 0 aliphatic carbocycles. The molecule has 2 fully saturated rings. The molecule has 1 atom stereocenters. The maximum atomic E-state index is 13.1. The van der Waals surface area contributed by atoms with Crippen LogP contribution < -0.4 is 5.32 Å². The van der Waals surface area contributed by atoms with Gasteiger partial charge in [-0.3, -0.25) is 9.59 Å². The molecule has 2 aliphatic rings. The van der Waals surface area contributed by atoms with Crippen molar-refractivity contribution in [1.82, 2.24) is 20.1 Å². The van der Waals surface area contributed by atoms with Gasteiger partial charge in [-0.15, -0.1) is 11.3 Å². The van der Waals surface area contributed by atoms with Crippen LogP contribution in [-0.4, -0.2) is 64.9 Å². The summed E-state index contributed by atoms with van der Waals surface area (Å²) >= 11 is 1.62. The fraction of sp³-hybridized carbons (Fsp3) is 0.250. The van der Waals surface area contributed by atoms with E-state index in [1.54, 1.807) is 11.3 Å². The summed E-state index contributed by atoms with van der Waals surface area (Å²) < 4.78 is 1.03. The van der Waals surface area contributed by atoms with Gasteiger partial charge in [-0.05, 0) is 36.8 Å². The molecule has 35 heavy (non-hydrogen) atoms. The first kappa shape index (κ1) is 21.9. The predicted octanol–water partition coefficient (Wildman–Crippen LogP) is 4.29. The minimum Gasteiger partial charge on any atom is -0.337 e. The third-order valence-corrected chi connectivity index (χ3v) is 7.86. The van der Waals surface area contributed by atoms with E-state index in [4.69, 9.17) is 4.98 Å². The molecule has 3 aromatic carbocycles. The summed E-state index contributed by atoms with van der Waals surface area (Å²) in [5, 5.41) is 4.61. The third kappa shape index (κ3) is 4.45. The number of hydrogen-bond acceptors (Lipinski definition) is 5. The van der Waals surface area contributed by atoms with E-state index in [-0.39, 0.29) is 23.9 Å². The van der Waals surface area contributed by atoms with Crippen LogP contribution in [0.1, 0.15) is 27.1 Å². The molecule has 1 N–H and O–H groups in total. The molecule has 2 aliphatic heterocycles. The van der Waals surface area contributed by atoms with Gasteiger partial charge in [-0.2, -0.15) is 0 Å². The van der Waals surface area contributed by atoms with Crippen LogP contribution in [0.4, 0.5) is 0 Å². The van der Waals surface area contributed by atoms with E-state index >= 15 is 0 Å². The molecule has 176 valence electrons. The Kier molecular flexibility index (Phi) is 5.80. The molecule has 3 heterocycles. The molecule has 2 saturated heterocycles. The summed E-state index contributed by atoms with van der Waals surface area (Å²) in [6, 6.07) is 25.9. The number of nitrogens with zero attached hydrogens (tertiary/aromatic N) is 3. The Balaban J connectivity index is 1.04. The van der Waals surface area contributed by atoms with Gasteiger partial charge in [0.25, 0.3) is 11.8 Å². The first-order valence-electron chi connectivity index (χ1n) is 12.0. The van der Waals surface area contributed by atoms with E-state index in [0.29, 0.717) is 25.2 Å². The van der Waals surface area contributed by atoms with Gasteiger partial charge in [-0.1, -0.05) is 48.5 Å². The summed E-state index contributed by atoms with van der Waals surface area (Å²) in [5.41, 5.74) is 3.46. The zero-order valence-corrected chi connectivity index (χ0v) is 20.1. The lowest BCUT2D eigenvalue weighted by molar-refractivity contribution is 0.0553. The van der Waals surface area contributed by atoms with E-state index < -0.39 is 0 Å². The zero-order valence-electron chi connectivity index (χ0n) is 19.3. The van der Waals surface area contributed by atoms with Crippen molar-refractivity contribution >= 4 is 33.4 Å². The number of aromatic nitrogens is 1. The predicted molar refractivity (Wildman–Crippen MR) is 139 cm³/mol. The Hall–Kier alpha value is -3.55. The molecule has 1 aromatic heterocycles. The second-order valence-corrected chi connectivity index (χ2v) is 10.3. The highest BCUT2D eigenvalue weighted by molar-refractivity contribution is 7.21. The molecule has 1 unspecified atom stereocenters. The SMILES string of the molecule is O=C(c1ccccc1)N1CCC(NC2CN(C(=O)c3ccc4nc(-c5ccccc5)sc4c3)C2)C1. The topological polar surface area (TPSA) is 65.5 Å². The summed E-state index contributed by atoms with van der Waals surface area (Å²) in [4.78, 5) is 34.3. The highest BCUT2D eigenvalue weighted by Gasteiger charge is 2.35. The van der Waals surface area contributed by atoms with Crippen LogP contribution >= 0.6 is 11.3 Å². The van der Waals surface area contributed by atoms with Gasteiger partial charge in [-0.25, -0.2) is 4.98 Å². The summed E-state index contributed by atoms with van der Waals surface area (Å²) in [5.74, 6) is 0.154. The fourth-order valence-electron chi connectivity index (χ4n) is 4.87. The van der Waals surface area contributed by atoms with Crippen molar-refractivity contribution in [2.24, 2.45) is 0 Å². The Morgan fingerprint density at radius 2 is 1.49 bits per heavy atom. The maximum Gasteiger partial charge on any atom is 0.254 e. The number of hydrogen-bond donors (Lipinski definition) is 1. The number of thiazole rings is 1. The monoisotopic (exact) mass is 482 g/mol. The van der Waals surface area contributed by atoms with Gasteiger partial charge in [0.05, 0.1) is 10.2 Å². The number of carbonyl (C=O) groups is 2. The lowest BCUT2D eigenvalue weighted by Gasteiger charge is -2.41. The molecule has 4 aromatic rings. The van der Waals surface area contributed by atoms with Crippen LogP contribution in [-0.2, 0) is 0 Å². The summed E-state index contributed by atoms with van der Waals surface area (Å²) in [6.07, 6.45) is 0.939. The van der Waals surface area contributed by atoms with Gasteiger partial charge in [0.2, 0.25) is 0 Å². The first-order chi connectivity index (χ1) is 17.1. The average molecular weight is 483 g/mol. The number of benzene rings is 3. The molecule has 0 bridgehead atoms. The molecule has 6 nitrogen and oxygen atoms in total. The van der Waals surface area contributed by atoms with Gasteiger partial charge in [0.15, 0.2) is 0 Å². The number of fused-ring (bicyclic) bond motifs is 1. The molecule has 0 spiro atoms. The largest absolute Gasteiger partial charge is 0.337 e. The molecule has 0 radical (unpaired) electrons. The lowest BCUT2D eigenvalue weighted by Crippen LogP contribution is -2.62. The molecular weight excluding hydrogens is 456 g/mol. The second-order valence-electron chi connectivity index (χ2n) is 9.24. The molecular formula is C28H26N4O2S. The van der Waals surface area contributed by atoms with Crippen molar-refractivity contribution < 1.29 is 9.59 Å². The highest BCUT2D eigenvalue weighted by Crippen LogP contribution is 2.31. The summed E-state index contributed by atoms with van der Waals surface area (Å²) in [7, 11) is 0.